The summed E-state index contributed by atoms with van der Waals surface area (Å²) in [6.45, 7) is 6.39. The fourth-order valence-corrected chi connectivity index (χ4v) is 4.74. The van der Waals surface area contributed by atoms with Crippen molar-refractivity contribution in [3.05, 3.63) is 66.0 Å². The van der Waals surface area contributed by atoms with Crippen LogP contribution in [0.25, 0.3) is 17.1 Å². The van der Waals surface area contributed by atoms with Crippen molar-refractivity contribution < 1.29 is 4.79 Å². The van der Waals surface area contributed by atoms with E-state index in [-0.39, 0.29) is 17.9 Å². The van der Waals surface area contributed by atoms with Crippen molar-refractivity contribution >= 4 is 23.1 Å². The summed E-state index contributed by atoms with van der Waals surface area (Å²) < 4.78 is 0. The fraction of sp³-hybridized carbons (Fsp3) is 0.346. The quantitative estimate of drug-likeness (QED) is 0.501. The zero-order valence-electron chi connectivity index (χ0n) is 21.0. The number of likely N-dealkylation sites (tertiary alicyclic amines) is 1. The summed E-state index contributed by atoms with van der Waals surface area (Å²) in [4.78, 5) is 32.6. The third-order valence-corrected chi connectivity index (χ3v) is 6.57. The number of amides is 1. The molecular weight excluding hydrogens is 454 g/mol. The van der Waals surface area contributed by atoms with Gasteiger partial charge in [0.2, 0.25) is 5.91 Å². The van der Waals surface area contributed by atoms with Gasteiger partial charge in [-0.05, 0) is 50.5 Å². The lowest BCUT2D eigenvalue weighted by molar-refractivity contribution is -0.132. The molecule has 0 bridgehead atoms. The van der Waals surface area contributed by atoms with Gasteiger partial charge in [-0.25, -0.2) is 9.97 Å². The number of hydrogen-bond donors (Lipinski definition) is 3. The van der Waals surface area contributed by atoms with Crippen LogP contribution < -0.4 is 16.3 Å². The molecule has 3 aromatic rings. The number of benzene rings is 1. The van der Waals surface area contributed by atoms with Crippen molar-refractivity contribution in [3.8, 4) is 11.4 Å². The molecule has 0 saturated carbocycles. The number of piperidine rings is 1. The van der Waals surface area contributed by atoms with Gasteiger partial charge in [0, 0.05) is 68.4 Å². The normalized spacial score (nSPS) is 19.6. The van der Waals surface area contributed by atoms with E-state index in [4.69, 9.17) is 9.97 Å². The standard InChI is InChI=1S/C26H31N9O/c1-16-9-20(24-15-34(4)33-32-24)11-21(10-16)29-25-12-22(23-13-27-7-8-28-23)30-26(31-25)19-6-5-17(2)35(14-19)18(3)36/h7-13,15,17,19,32-33H,5-6,14H2,1-4H3,(H,29,30,31)/t17-,19+/m0/s1. The lowest BCUT2D eigenvalue weighted by Gasteiger charge is -2.37. The van der Waals surface area contributed by atoms with Gasteiger partial charge in [0.15, 0.2) is 0 Å². The van der Waals surface area contributed by atoms with Gasteiger partial charge in [0.25, 0.3) is 0 Å². The third kappa shape index (κ3) is 5.13. The minimum Gasteiger partial charge on any atom is -0.340 e. The highest BCUT2D eigenvalue weighted by Crippen LogP contribution is 2.31. The van der Waals surface area contributed by atoms with E-state index in [1.54, 1.807) is 25.5 Å². The molecule has 2 aromatic heterocycles. The highest BCUT2D eigenvalue weighted by Gasteiger charge is 2.30. The zero-order valence-corrected chi connectivity index (χ0v) is 21.0. The fourth-order valence-electron chi connectivity index (χ4n) is 4.74. The highest BCUT2D eigenvalue weighted by molar-refractivity contribution is 5.74. The molecule has 0 radical (unpaired) electrons. The molecule has 36 heavy (non-hydrogen) atoms. The molecule has 2 aliphatic rings. The second-order valence-corrected chi connectivity index (χ2v) is 9.49. The van der Waals surface area contributed by atoms with E-state index in [2.05, 4.69) is 58.3 Å². The number of anilines is 2. The number of carbonyl (C=O) groups excluding carboxylic acids is 1. The number of carbonyl (C=O) groups is 1. The van der Waals surface area contributed by atoms with Crippen LogP contribution in [-0.2, 0) is 4.79 Å². The highest BCUT2D eigenvalue weighted by atomic mass is 16.2. The summed E-state index contributed by atoms with van der Waals surface area (Å²) in [5.41, 5.74) is 11.7. The SMILES string of the molecule is CC(=O)N1C[C@H](c2nc(Nc3cc(C)cc(C4=CN(C)NN4)c3)cc(-c3cnccn3)n2)CC[C@@H]1C. The smallest absolute Gasteiger partial charge is 0.219 e. The number of hydrogen-bond acceptors (Lipinski definition) is 9. The van der Waals surface area contributed by atoms with Gasteiger partial charge in [-0.2, -0.15) is 0 Å². The van der Waals surface area contributed by atoms with Gasteiger partial charge in [-0.3, -0.25) is 19.8 Å². The Morgan fingerprint density at radius 1 is 1.11 bits per heavy atom. The van der Waals surface area contributed by atoms with E-state index in [1.807, 2.05) is 29.2 Å². The molecule has 0 spiro atoms. The summed E-state index contributed by atoms with van der Waals surface area (Å²) in [6.07, 6.45) is 8.83. The molecule has 186 valence electrons. The maximum Gasteiger partial charge on any atom is 0.219 e. The van der Waals surface area contributed by atoms with Gasteiger partial charge in [0.05, 0.1) is 17.6 Å². The van der Waals surface area contributed by atoms with E-state index < -0.39 is 0 Å². The molecule has 0 unspecified atom stereocenters. The first-order valence-electron chi connectivity index (χ1n) is 12.1. The molecule has 1 fully saturated rings. The largest absolute Gasteiger partial charge is 0.340 e. The van der Waals surface area contributed by atoms with Crippen molar-refractivity contribution in [2.24, 2.45) is 0 Å². The minimum atomic E-state index is 0.0461. The average molecular weight is 486 g/mol. The van der Waals surface area contributed by atoms with E-state index in [9.17, 15) is 4.79 Å². The Morgan fingerprint density at radius 2 is 1.97 bits per heavy atom. The van der Waals surface area contributed by atoms with Crippen LogP contribution in [0.3, 0.4) is 0 Å². The summed E-state index contributed by atoms with van der Waals surface area (Å²) >= 11 is 0. The van der Waals surface area contributed by atoms with Crippen LogP contribution >= 0.6 is 0 Å². The van der Waals surface area contributed by atoms with Crippen LogP contribution in [0.5, 0.6) is 0 Å². The number of aryl methyl sites for hydroxylation is 1. The third-order valence-electron chi connectivity index (χ3n) is 6.57. The molecule has 1 aromatic carbocycles. The molecule has 2 atom stereocenters. The Hall–Kier alpha value is -4.05. The number of rotatable bonds is 5. The van der Waals surface area contributed by atoms with Gasteiger partial charge < -0.3 is 15.6 Å². The monoisotopic (exact) mass is 485 g/mol. The Bertz CT molecular complexity index is 1290. The topological polar surface area (TPSA) is 111 Å². The molecule has 10 heteroatoms. The first kappa shape index (κ1) is 23.7. The number of hydrazine groups is 2. The molecule has 3 N–H and O–H groups in total. The summed E-state index contributed by atoms with van der Waals surface area (Å²) in [5, 5.41) is 5.35. The maximum absolute atomic E-state index is 12.2. The second kappa shape index (κ2) is 9.90. The molecule has 1 saturated heterocycles. The molecule has 4 heterocycles. The van der Waals surface area contributed by atoms with Gasteiger partial charge in [0.1, 0.15) is 17.3 Å². The first-order chi connectivity index (χ1) is 17.4. The summed E-state index contributed by atoms with van der Waals surface area (Å²) in [7, 11) is 1.94. The number of nitrogens with one attached hydrogen (secondary N) is 3. The van der Waals surface area contributed by atoms with Gasteiger partial charge in [-0.15, -0.1) is 5.53 Å². The maximum atomic E-state index is 12.2. The van der Waals surface area contributed by atoms with Crippen molar-refractivity contribution in [3.63, 3.8) is 0 Å². The zero-order chi connectivity index (χ0) is 25.2. The minimum absolute atomic E-state index is 0.0461. The first-order valence-corrected chi connectivity index (χ1v) is 12.1. The Morgan fingerprint density at radius 3 is 2.69 bits per heavy atom. The Labute approximate surface area is 210 Å². The molecule has 10 nitrogen and oxygen atoms in total. The Kier molecular flexibility index (Phi) is 6.51. The lowest BCUT2D eigenvalue weighted by atomic mass is 9.92. The van der Waals surface area contributed by atoms with Crippen LogP contribution in [0.15, 0.2) is 49.1 Å². The van der Waals surface area contributed by atoms with Crippen molar-refractivity contribution in [1.82, 2.24) is 40.8 Å². The van der Waals surface area contributed by atoms with E-state index in [1.165, 1.54) is 0 Å². The van der Waals surface area contributed by atoms with Crippen LogP contribution in [0.2, 0.25) is 0 Å². The Balaban J connectivity index is 1.50. The predicted octanol–water partition coefficient (Wildman–Crippen LogP) is 3.35. The van der Waals surface area contributed by atoms with Gasteiger partial charge in [-0.1, -0.05) is 0 Å². The van der Waals surface area contributed by atoms with Crippen LogP contribution in [-0.4, -0.2) is 55.4 Å². The molecule has 1 amide bonds. The molecule has 2 aliphatic heterocycles. The molecular formula is C26H31N9O. The van der Waals surface area contributed by atoms with Crippen LogP contribution in [0.1, 0.15) is 49.6 Å². The van der Waals surface area contributed by atoms with Crippen molar-refractivity contribution in [1.29, 1.82) is 0 Å². The predicted molar refractivity (Wildman–Crippen MR) is 138 cm³/mol. The van der Waals surface area contributed by atoms with Gasteiger partial charge >= 0.3 is 0 Å². The van der Waals surface area contributed by atoms with Crippen LogP contribution in [0, 0.1) is 6.92 Å². The van der Waals surface area contributed by atoms with Crippen molar-refractivity contribution in [2.45, 2.75) is 45.6 Å². The number of aromatic nitrogens is 4. The second-order valence-electron chi connectivity index (χ2n) is 9.49. The van der Waals surface area contributed by atoms with E-state index in [0.29, 0.717) is 29.6 Å². The van der Waals surface area contributed by atoms with Crippen LogP contribution in [0.4, 0.5) is 11.5 Å². The number of nitrogens with zero attached hydrogens (tertiary/aromatic N) is 6. The lowest BCUT2D eigenvalue weighted by Crippen LogP contribution is -2.44. The van der Waals surface area contributed by atoms with E-state index >= 15 is 0 Å². The summed E-state index contributed by atoms with van der Waals surface area (Å²) in [5.74, 6) is 1.51. The van der Waals surface area contributed by atoms with Crippen molar-refractivity contribution in [2.75, 3.05) is 18.9 Å². The average Bonchev–Trinajstić information content (AvgIpc) is 3.30. The summed E-state index contributed by atoms with van der Waals surface area (Å²) in [6, 6.07) is 8.40. The molecule has 5 rings (SSSR count). The molecule has 0 aliphatic carbocycles. The van der Waals surface area contributed by atoms with E-state index in [0.717, 1.165) is 35.4 Å².